The Balaban J connectivity index is 0.00000261. The molecule has 0 aliphatic rings. The number of benzene rings is 2. The number of hydrogen-bond donors (Lipinski definition) is 1. The van der Waals surface area contributed by atoms with Gasteiger partial charge in [0.2, 0.25) is 5.91 Å². The zero-order valence-corrected chi connectivity index (χ0v) is 18.0. The maximum absolute atomic E-state index is 12.8. The minimum Gasteiger partial charge on any atom is -1.00 e. The summed E-state index contributed by atoms with van der Waals surface area (Å²) in [6.45, 7) is 5.86. The van der Waals surface area contributed by atoms with E-state index >= 15 is 0 Å². The molecule has 0 spiro atoms. The van der Waals surface area contributed by atoms with Gasteiger partial charge in [-0.15, -0.1) is 0 Å². The maximum Gasteiger partial charge on any atom is 0.253 e. The summed E-state index contributed by atoms with van der Waals surface area (Å²) in [6, 6.07) is 19.7. The van der Waals surface area contributed by atoms with Crippen LogP contribution in [-0.4, -0.2) is 10.5 Å². The Morgan fingerprint density at radius 3 is 1.96 bits per heavy atom. The molecule has 4 nitrogen and oxygen atoms in total. The van der Waals surface area contributed by atoms with Crippen LogP contribution in [0, 0.1) is 6.92 Å². The van der Waals surface area contributed by atoms with Crippen molar-refractivity contribution in [2.75, 3.05) is 0 Å². The van der Waals surface area contributed by atoms with Crippen LogP contribution >= 0.6 is 0 Å². The normalized spacial score (nSPS) is 11.0. The van der Waals surface area contributed by atoms with Crippen LogP contribution in [0.3, 0.4) is 0 Å². The summed E-state index contributed by atoms with van der Waals surface area (Å²) in [5.41, 5.74) is 7.04. The van der Waals surface area contributed by atoms with Gasteiger partial charge in [0.1, 0.15) is 17.8 Å². The van der Waals surface area contributed by atoms with Crippen molar-refractivity contribution in [2.45, 2.75) is 38.8 Å². The van der Waals surface area contributed by atoms with Gasteiger partial charge in [-0.25, -0.2) is 9.13 Å². The van der Waals surface area contributed by atoms with Crippen molar-refractivity contribution in [3.8, 4) is 0 Å². The first kappa shape index (κ1) is 21.2. The Morgan fingerprint density at radius 1 is 1.04 bits per heavy atom. The van der Waals surface area contributed by atoms with Gasteiger partial charge >= 0.3 is 0 Å². The Kier molecular flexibility index (Phi) is 7.18. The topological polar surface area (TPSA) is 51.9 Å². The van der Waals surface area contributed by atoms with Crippen molar-refractivity contribution in [1.29, 1.82) is 0 Å². The molecule has 1 heterocycles. The third-order valence-corrected chi connectivity index (χ3v) is 5.28. The molecule has 27 heavy (non-hydrogen) atoms. The smallest absolute Gasteiger partial charge is 0.253 e. The molecule has 0 aliphatic carbocycles. The number of hydrogen-bond acceptors (Lipinski definition) is 1. The second kappa shape index (κ2) is 9.17. The molecule has 3 aromatic rings. The van der Waals surface area contributed by atoms with Crippen LogP contribution in [0.5, 0.6) is 0 Å². The van der Waals surface area contributed by atoms with Crippen molar-refractivity contribution < 1.29 is 33.3 Å². The number of primary amides is 1. The van der Waals surface area contributed by atoms with Crippen molar-refractivity contribution in [2.24, 2.45) is 5.73 Å². The van der Waals surface area contributed by atoms with Gasteiger partial charge < -0.3 is 29.7 Å². The summed E-state index contributed by atoms with van der Waals surface area (Å²) in [5, 5.41) is 0. The van der Waals surface area contributed by atoms with Crippen LogP contribution in [-0.2, 0) is 23.3 Å². The van der Waals surface area contributed by atoms with E-state index in [4.69, 9.17) is 5.73 Å². The molecule has 1 aromatic heterocycles. The molecule has 3 rings (SSSR count). The van der Waals surface area contributed by atoms with Crippen LogP contribution in [0.25, 0.3) is 0 Å². The quantitative estimate of drug-likeness (QED) is 0.379. The molecule has 0 radical (unpaired) electrons. The van der Waals surface area contributed by atoms with Gasteiger partial charge in [0.25, 0.3) is 5.82 Å². The number of rotatable bonds is 7. The highest BCUT2D eigenvalue weighted by Crippen LogP contribution is 2.35. The number of nitrogens with zero attached hydrogens (tertiary/aromatic N) is 2. The number of carbonyl (C=O) groups excluding carboxylic acids is 1. The lowest BCUT2D eigenvalue weighted by Crippen LogP contribution is -3.00. The van der Waals surface area contributed by atoms with E-state index in [0.717, 1.165) is 17.7 Å². The van der Waals surface area contributed by atoms with E-state index in [0.29, 0.717) is 13.0 Å². The summed E-state index contributed by atoms with van der Waals surface area (Å²) in [7, 11) is 0. The number of imidazole rings is 1. The first-order valence-corrected chi connectivity index (χ1v) is 9.05. The second-order valence-corrected chi connectivity index (χ2v) is 6.58. The minimum absolute atomic E-state index is 0. The average molecular weight is 475 g/mol. The first-order valence-electron chi connectivity index (χ1n) is 9.05. The fourth-order valence-corrected chi connectivity index (χ4v) is 3.71. The maximum atomic E-state index is 12.8. The number of carbonyl (C=O) groups is 1. The molecule has 0 bridgehead atoms. The minimum atomic E-state index is -0.851. The molecule has 0 saturated carbocycles. The third kappa shape index (κ3) is 4.08. The predicted octanol–water partition coefficient (Wildman–Crippen LogP) is -0.0304. The van der Waals surface area contributed by atoms with E-state index in [2.05, 4.69) is 35.4 Å². The number of aryl methyl sites for hydroxylation is 2. The summed E-state index contributed by atoms with van der Waals surface area (Å²) in [5.74, 6) is 0.857. The van der Waals surface area contributed by atoms with Gasteiger partial charge in [-0.1, -0.05) is 60.7 Å². The molecule has 5 heteroatoms. The van der Waals surface area contributed by atoms with Crippen LogP contribution in [0.2, 0.25) is 0 Å². The highest BCUT2D eigenvalue weighted by molar-refractivity contribution is 5.90. The van der Waals surface area contributed by atoms with E-state index in [1.54, 1.807) is 0 Å². The van der Waals surface area contributed by atoms with E-state index in [1.165, 1.54) is 5.82 Å². The highest BCUT2D eigenvalue weighted by Gasteiger charge is 2.40. The van der Waals surface area contributed by atoms with Gasteiger partial charge in [0, 0.05) is 13.3 Å². The fourth-order valence-electron chi connectivity index (χ4n) is 3.71. The lowest BCUT2D eigenvalue weighted by atomic mass is 9.71. The van der Waals surface area contributed by atoms with E-state index in [-0.39, 0.29) is 29.9 Å². The number of aromatic nitrogens is 2. The van der Waals surface area contributed by atoms with Crippen LogP contribution in [0.4, 0.5) is 0 Å². The lowest BCUT2D eigenvalue weighted by Gasteiger charge is -2.31. The highest BCUT2D eigenvalue weighted by atomic mass is 127. The average Bonchev–Trinajstić information content (AvgIpc) is 3.03. The van der Waals surface area contributed by atoms with Gasteiger partial charge in [-0.2, -0.15) is 0 Å². The molecule has 142 valence electrons. The number of nitrogens with two attached hydrogens (primary N) is 1. The largest absolute Gasteiger partial charge is 1.00 e. The summed E-state index contributed by atoms with van der Waals surface area (Å²) in [6.07, 6.45) is 4.75. The standard InChI is InChI=1S/C22H25N3O.HI/c1-3-24-16-17-25(18(24)2)15-14-22(21(23)26,19-10-6-4-7-11-19)20-12-8-5-9-13-20;/h4-13,16-17H,3,14-15H2,1-2H3,(H-,23,26);1H. The summed E-state index contributed by atoms with van der Waals surface area (Å²) in [4.78, 5) is 12.8. The van der Waals surface area contributed by atoms with Gasteiger partial charge in [-0.3, -0.25) is 4.79 Å². The lowest BCUT2D eigenvalue weighted by molar-refractivity contribution is -0.703. The zero-order valence-electron chi connectivity index (χ0n) is 15.8. The van der Waals surface area contributed by atoms with E-state index in [9.17, 15) is 4.79 Å². The van der Waals surface area contributed by atoms with Gasteiger partial charge in [0.05, 0.1) is 13.1 Å². The number of halogens is 1. The van der Waals surface area contributed by atoms with E-state index in [1.807, 2.05) is 60.7 Å². The van der Waals surface area contributed by atoms with Crippen molar-refractivity contribution in [1.82, 2.24) is 4.57 Å². The Labute approximate surface area is 178 Å². The molecule has 2 N–H and O–H groups in total. The SMILES string of the molecule is CCn1cc[n+](CCC(C(N)=O)(c2ccccc2)c2ccccc2)c1C.[I-]. The Bertz CT molecular complexity index is 836. The summed E-state index contributed by atoms with van der Waals surface area (Å²) >= 11 is 0. The summed E-state index contributed by atoms with van der Waals surface area (Å²) < 4.78 is 4.38. The van der Waals surface area contributed by atoms with Crippen LogP contribution < -0.4 is 34.3 Å². The predicted molar refractivity (Wildman–Crippen MR) is 103 cm³/mol. The number of amides is 1. The van der Waals surface area contributed by atoms with Crippen molar-refractivity contribution >= 4 is 5.91 Å². The molecule has 0 fully saturated rings. The fraction of sp³-hybridized carbons (Fsp3) is 0.273. The molecule has 0 saturated heterocycles. The van der Waals surface area contributed by atoms with Gasteiger partial charge in [-0.05, 0) is 18.1 Å². The van der Waals surface area contributed by atoms with Crippen molar-refractivity contribution in [3.05, 3.63) is 90.0 Å². The zero-order chi connectivity index (χ0) is 18.6. The molecule has 0 aliphatic heterocycles. The van der Waals surface area contributed by atoms with Gasteiger partial charge in [0.15, 0.2) is 0 Å². The molecule has 0 atom stereocenters. The molecular weight excluding hydrogens is 449 g/mol. The molecule has 1 amide bonds. The monoisotopic (exact) mass is 475 g/mol. The van der Waals surface area contributed by atoms with Crippen LogP contribution in [0.1, 0.15) is 30.3 Å². The Hall–Kier alpha value is -2.15. The van der Waals surface area contributed by atoms with Crippen molar-refractivity contribution in [3.63, 3.8) is 0 Å². The molecular formula is C22H26IN3O. The molecule has 0 unspecified atom stereocenters. The van der Waals surface area contributed by atoms with E-state index < -0.39 is 5.41 Å². The Morgan fingerprint density at radius 2 is 1.56 bits per heavy atom. The second-order valence-electron chi connectivity index (χ2n) is 6.58. The first-order chi connectivity index (χ1) is 12.6. The van der Waals surface area contributed by atoms with Crippen LogP contribution in [0.15, 0.2) is 73.1 Å². The third-order valence-electron chi connectivity index (χ3n) is 5.28. The molecule has 2 aromatic carbocycles.